The van der Waals surface area contributed by atoms with E-state index in [1.165, 1.54) is 5.56 Å². The Morgan fingerprint density at radius 2 is 1.56 bits per heavy atom. The molecule has 0 saturated carbocycles. The number of ether oxygens (including phenoxy) is 1. The fraction of sp³-hybridized carbons (Fsp3) is 0.250. The summed E-state index contributed by atoms with van der Waals surface area (Å²) in [7, 11) is 0. The zero-order valence-corrected chi connectivity index (χ0v) is 11.7. The molecule has 0 saturated heterocycles. The van der Waals surface area contributed by atoms with Crippen LogP contribution in [0.4, 0.5) is 0 Å². The third kappa shape index (κ3) is 3.27. The van der Waals surface area contributed by atoms with Crippen LogP contribution in [0.5, 0.6) is 11.5 Å². The van der Waals surface area contributed by atoms with Crippen molar-refractivity contribution in [3.8, 4) is 11.5 Å². The van der Waals surface area contributed by atoms with Gasteiger partial charge in [-0.25, -0.2) is 0 Å². The van der Waals surface area contributed by atoms with Crippen molar-refractivity contribution in [2.45, 2.75) is 26.2 Å². The summed E-state index contributed by atoms with van der Waals surface area (Å²) < 4.78 is 5.81. The molecule has 0 aliphatic carbocycles. The van der Waals surface area contributed by atoms with E-state index in [4.69, 9.17) is 16.3 Å². The third-order valence-corrected chi connectivity index (χ3v) is 3.00. The molecule has 0 bridgehead atoms. The highest BCUT2D eigenvalue weighted by Crippen LogP contribution is 2.28. The maximum Gasteiger partial charge on any atom is 0.127 e. The topological polar surface area (TPSA) is 9.23 Å². The van der Waals surface area contributed by atoms with Gasteiger partial charge in [-0.2, -0.15) is 0 Å². The summed E-state index contributed by atoms with van der Waals surface area (Å²) >= 11 is 5.84. The molecule has 2 aromatic carbocycles. The van der Waals surface area contributed by atoms with Crippen molar-refractivity contribution in [3.63, 3.8) is 0 Å². The predicted octanol–water partition coefficient (Wildman–Crippen LogP) is 5.43. The molecular formula is C16H17ClO. The van der Waals surface area contributed by atoms with Crippen molar-refractivity contribution in [3.05, 3.63) is 59.1 Å². The van der Waals surface area contributed by atoms with Crippen LogP contribution >= 0.6 is 11.6 Å². The second-order valence-corrected chi connectivity index (χ2v) is 5.77. The Morgan fingerprint density at radius 1 is 0.889 bits per heavy atom. The fourth-order valence-corrected chi connectivity index (χ4v) is 1.79. The minimum atomic E-state index is 0.124. The number of halogens is 1. The summed E-state index contributed by atoms with van der Waals surface area (Å²) in [5.74, 6) is 1.65. The molecular weight excluding hydrogens is 244 g/mol. The summed E-state index contributed by atoms with van der Waals surface area (Å²) in [4.78, 5) is 0. The minimum Gasteiger partial charge on any atom is -0.457 e. The first-order chi connectivity index (χ1) is 8.45. The lowest BCUT2D eigenvalue weighted by Crippen LogP contribution is -2.10. The first-order valence-electron chi connectivity index (χ1n) is 5.99. The molecule has 0 radical (unpaired) electrons. The third-order valence-electron chi connectivity index (χ3n) is 2.75. The van der Waals surface area contributed by atoms with Gasteiger partial charge >= 0.3 is 0 Å². The van der Waals surface area contributed by atoms with Crippen LogP contribution in [-0.2, 0) is 5.41 Å². The first kappa shape index (κ1) is 13.0. The highest BCUT2D eigenvalue weighted by molar-refractivity contribution is 6.30. The van der Waals surface area contributed by atoms with E-state index in [0.717, 1.165) is 11.5 Å². The molecule has 94 valence electrons. The van der Waals surface area contributed by atoms with Gasteiger partial charge in [0.05, 0.1) is 0 Å². The van der Waals surface area contributed by atoms with E-state index in [-0.39, 0.29) is 5.41 Å². The standard InChI is InChI=1S/C16H17ClO/c1-16(2,3)12-5-4-6-15(11-12)18-14-9-7-13(17)8-10-14/h4-11H,1-3H3. The normalized spacial score (nSPS) is 11.3. The summed E-state index contributed by atoms with van der Waals surface area (Å²) in [6.07, 6.45) is 0. The van der Waals surface area contributed by atoms with E-state index in [1.807, 2.05) is 36.4 Å². The van der Waals surface area contributed by atoms with Gasteiger partial charge in [0.25, 0.3) is 0 Å². The first-order valence-corrected chi connectivity index (χ1v) is 6.37. The monoisotopic (exact) mass is 260 g/mol. The van der Waals surface area contributed by atoms with Crippen LogP contribution in [0, 0.1) is 0 Å². The Morgan fingerprint density at radius 3 is 2.17 bits per heavy atom. The van der Waals surface area contributed by atoms with Crippen LogP contribution in [0.3, 0.4) is 0 Å². The maximum atomic E-state index is 5.84. The Kier molecular flexibility index (Phi) is 3.63. The summed E-state index contributed by atoms with van der Waals surface area (Å²) in [6.45, 7) is 6.57. The molecule has 0 amide bonds. The molecule has 0 heterocycles. The van der Waals surface area contributed by atoms with Crippen LogP contribution < -0.4 is 4.74 Å². The number of rotatable bonds is 2. The molecule has 0 unspecified atom stereocenters. The highest BCUT2D eigenvalue weighted by atomic mass is 35.5. The van der Waals surface area contributed by atoms with E-state index in [1.54, 1.807) is 0 Å². The molecule has 0 aromatic heterocycles. The second-order valence-electron chi connectivity index (χ2n) is 5.33. The number of benzene rings is 2. The molecule has 0 aliphatic heterocycles. The lowest BCUT2D eigenvalue weighted by atomic mass is 9.87. The lowest BCUT2D eigenvalue weighted by molar-refractivity contribution is 0.478. The molecule has 2 aromatic rings. The van der Waals surface area contributed by atoms with Crippen LogP contribution in [0.25, 0.3) is 0 Å². The zero-order chi connectivity index (χ0) is 13.2. The van der Waals surface area contributed by atoms with Gasteiger partial charge in [0, 0.05) is 5.02 Å². The van der Waals surface area contributed by atoms with Gasteiger partial charge < -0.3 is 4.74 Å². The molecule has 1 nitrogen and oxygen atoms in total. The van der Waals surface area contributed by atoms with Crippen LogP contribution in [0.1, 0.15) is 26.3 Å². The largest absolute Gasteiger partial charge is 0.457 e. The smallest absolute Gasteiger partial charge is 0.127 e. The average Bonchev–Trinajstić information content (AvgIpc) is 2.31. The predicted molar refractivity (Wildman–Crippen MR) is 76.7 cm³/mol. The van der Waals surface area contributed by atoms with Crippen molar-refractivity contribution >= 4 is 11.6 Å². The Bertz CT molecular complexity index is 524. The fourth-order valence-electron chi connectivity index (χ4n) is 1.66. The van der Waals surface area contributed by atoms with Gasteiger partial charge in [-0.3, -0.25) is 0 Å². The van der Waals surface area contributed by atoms with Crippen molar-refractivity contribution in [2.24, 2.45) is 0 Å². The Balaban J connectivity index is 2.22. The quantitative estimate of drug-likeness (QED) is 0.700. The van der Waals surface area contributed by atoms with Crippen LogP contribution in [0.2, 0.25) is 5.02 Å². The van der Waals surface area contributed by atoms with Gasteiger partial charge in [-0.05, 0) is 47.4 Å². The number of hydrogen-bond acceptors (Lipinski definition) is 1. The van der Waals surface area contributed by atoms with Gasteiger partial charge in [-0.1, -0.05) is 44.5 Å². The molecule has 0 N–H and O–H groups in total. The molecule has 0 fully saturated rings. The summed E-state index contributed by atoms with van der Waals surface area (Å²) in [6, 6.07) is 15.6. The number of hydrogen-bond donors (Lipinski definition) is 0. The van der Waals surface area contributed by atoms with E-state index in [2.05, 4.69) is 32.9 Å². The zero-order valence-electron chi connectivity index (χ0n) is 10.9. The lowest BCUT2D eigenvalue weighted by Gasteiger charge is -2.19. The van der Waals surface area contributed by atoms with Crippen LogP contribution in [-0.4, -0.2) is 0 Å². The average molecular weight is 261 g/mol. The van der Waals surface area contributed by atoms with E-state index < -0.39 is 0 Å². The Hall–Kier alpha value is -1.47. The molecule has 0 atom stereocenters. The summed E-state index contributed by atoms with van der Waals surface area (Å²) in [5.41, 5.74) is 1.38. The van der Waals surface area contributed by atoms with Crippen molar-refractivity contribution < 1.29 is 4.74 Å². The SMILES string of the molecule is CC(C)(C)c1cccc(Oc2ccc(Cl)cc2)c1. The second kappa shape index (κ2) is 5.03. The van der Waals surface area contributed by atoms with E-state index >= 15 is 0 Å². The van der Waals surface area contributed by atoms with Crippen LogP contribution in [0.15, 0.2) is 48.5 Å². The van der Waals surface area contributed by atoms with Crippen molar-refractivity contribution in [1.82, 2.24) is 0 Å². The maximum absolute atomic E-state index is 5.84. The van der Waals surface area contributed by atoms with Gasteiger partial charge in [-0.15, -0.1) is 0 Å². The highest BCUT2D eigenvalue weighted by Gasteiger charge is 2.13. The minimum absolute atomic E-state index is 0.124. The van der Waals surface area contributed by atoms with Crippen molar-refractivity contribution in [2.75, 3.05) is 0 Å². The molecule has 0 aliphatic rings. The molecule has 2 rings (SSSR count). The van der Waals surface area contributed by atoms with Gasteiger partial charge in [0.15, 0.2) is 0 Å². The van der Waals surface area contributed by atoms with Crippen molar-refractivity contribution in [1.29, 1.82) is 0 Å². The van der Waals surface area contributed by atoms with Gasteiger partial charge in [0.2, 0.25) is 0 Å². The molecule has 2 heteroatoms. The van der Waals surface area contributed by atoms with E-state index in [9.17, 15) is 0 Å². The Labute approximate surface area is 113 Å². The van der Waals surface area contributed by atoms with Gasteiger partial charge in [0.1, 0.15) is 11.5 Å². The molecule has 18 heavy (non-hydrogen) atoms. The molecule has 0 spiro atoms. The summed E-state index contributed by atoms with van der Waals surface area (Å²) in [5, 5.41) is 0.714. The van der Waals surface area contributed by atoms with E-state index in [0.29, 0.717) is 5.02 Å².